The van der Waals surface area contributed by atoms with Crippen LogP contribution in [0.1, 0.15) is 26.2 Å². The van der Waals surface area contributed by atoms with Crippen LogP contribution in [0.5, 0.6) is 0 Å². The number of methoxy groups -OCH3 is 1. The fraction of sp³-hybridized carbons (Fsp3) is 0.867. The maximum absolute atomic E-state index is 12.7. The highest BCUT2D eigenvalue weighted by molar-refractivity contribution is 7.91. The molecule has 2 heterocycles. The maximum atomic E-state index is 12.7. The smallest absolute Gasteiger partial charge is 0.228 e. The van der Waals surface area contributed by atoms with E-state index in [-0.39, 0.29) is 41.7 Å². The van der Waals surface area contributed by atoms with E-state index in [0.29, 0.717) is 32.7 Å². The number of rotatable bonds is 7. The van der Waals surface area contributed by atoms with Gasteiger partial charge in [-0.25, -0.2) is 8.42 Å². The Balaban J connectivity index is 1.95. The second-order valence-electron chi connectivity index (χ2n) is 6.27. The van der Waals surface area contributed by atoms with Gasteiger partial charge in [-0.3, -0.25) is 9.59 Å². The number of amides is 2. The zero-order chi connectivity index (χ0) is 17.0. The number of hydrogen-bond acceptors (Lipinski definition) is 5. The molecule has 0 spiro atoms. The van der Waals surface area contributed by atoms with E-state index in [2.05, 4.69) is 0 Å². The van der Waals surface area contributed by atoms with Gasteiger partial charge in [0.05, 0.1) is 17.4 Å². The van der Waals surface area contributed by atoms with Crippen LogP contribution >= 0.6 is 0 Å². The molecule has 7 nitrogen and oxygen atoms in total. The summed E-state index contributed by atoms with van der Waals surface area (Å²) < 4.78 is 28.3. The summed E-state index contributed by atoms with van der Waals surface area (Å²) in [5.74, 6) is -0.251. The third-order valence-corrected chi connectivity index (χ3v) is 6.36. The van der Waals surface area contributed by atoms with E-state index in [4.69, 9.17) is 4.74 Å². The van der Waals surface area contributed by atoms with Crippen molar-refractivity contribution >= 4 is 21.7 Å². The van der Waals surface area contributed by atoms with Gasteiger partial charge in [0, 0.05) is 45.8 Å². The van der Waals surface area contributed by atoms with Gasteiger partial charge in [0.25, 0.3) is 0 Å². The van der Waals surface area contributed by atoms with Gasteiger partial charge in [-0.15, -0.1) is 0 Å². The van der Waals surface area contributed by atoms with Gasteiger partial charge < -0.3 is 14.5 Å². The van der Waals surface area contributed by atoms with Crippen molar-refractivity contribution in [2.75, 3.05) is 44.9 Å². The van der Waals surface area contributed by atoms with Crippen molar-refractivity contribution in [1.29, 1.82) is 0 Å². The topological polar surface area (TPSA) is 84.0 Å². The Morgan fingerprint density at radius 3 is 2.74 bits per heavy atom. The van der Waals surface area contributed by atoms with E-state index in [1.165, 1.54) is 0 Å². The summed E-state index contributed by atoms with van der Waals surface area (Å²) in [5, 5.41) is 0. The molecule has 2 rings (SSSR count). The van der Waals surface area contributed by atoms with Crippen LogP contribution < -0.4 is 0 Å². The summed E-state index contributed by atoms with van der Waals surface area (Å²) >= 11 is 0. The van der Waals surface area contributed by atoms with E-state index in [1.807, 2.05) is 6.92 Å². The molecule has 0 radical (unpaired) electrons. The molecule has 0 saturated carbocycles. The predicted octanol–water partition coefficient (Wildman–Crippen LogP) is -0.0930. The normalized spacial score (nSPS) is 26.7. The van der Waals surface area contributed by atoms with Crippen LogP contribution in [0.4, 0.5) is 0 Å². The van der Waals surface area contributed by atoms with Crippen LogP contribution in [0.15, 0.2) is 0 Å². The second kappa shape index (κ2) is 7.61. The first-order valence-corrected chi connectivity index (χ1v) is 9.97. The molecular weight excluding hydrogens is 320 g/mol. The molecule has 2 amide bonds. The third kappa shape index (κ3) is 4.44. The zero-order valence-electron chi connectivity index (χ0n) is 13.9. The van der Waals surface area contributed by atoms with Crippen molar-refractivity contribution in [2.24, 2.45) is 5.92 Å². The van der Waals surface area contributed by atoms with Crippen LogP contribution in [0.2, 0.25) is 0 Å². The minimum absolute atomic E-state index is 0.00505. The molecule has 0 aliphatic carbocycles. The molecule has 2 aliphatic heterocycles. The van der Waals surface area contributed by atoms with E-state index in [9.17, 15) is 18.0 Å². The summed E-state index contributed by atoms with van der Waals surface area (Å²) in [6.07, 6.45) is 1.48. The highest BCUT2D eigenvalue weighted by Gasteiger charge is 2.40. The van der Waals surface area contributed by atoms with Gasteiger partial charge in [0.15, 0.2) is 9.84 Å². The molecule has 0 N–H and O–H groups in total. The number of likely N-dealkylation sites (tertiary alicyclic amines) is 1. The molecule has 23 heavy (non-hydrogen) atoms. The van der Waals surface area contributed by atoms with Crippen molar-refractivity contribution in [3.63, 3.8) is 0 Å². The molecule has 0 aromatic carbocycles. The first kappa shape index (κ1) is 18.2. The second-order valence-corrected chi connectivity index (χ2v) is 8.50. The molecule has 0 aromatic rings. The molecule has 0 aromatic heterocycles. The van der Waals surface area contributed by atoms with Crippen LogP contribution in [0.3, 0.4) is 0 Å². The molecule has 2 aliphatic rings. The molecule has 2 fully saturated rings. The Morgan fingerprint density at radius 1 is 1.43 bits per heavy atom. The highest BCUT2D eigenvalue weighted by atomic mass is 32.2. The molecule has 2 saturated heterocycles. The average molecular weight is 346 g/mol. The number of carbonyl (C=O) groups excluding carboxylic acids is 2. The first-order valence-electron chi connectivity index (χ1n) is 8.15. The lowest BCUT2D eigenvalue weighted by atomic mass is 10.1. The Bertz CT molecular complexity index is 548. The van der Waals surface area contributed by atoms with Gasteiger partial charge in [0.1, 0.15) is 0 Å². The summed E-state index contributed by atoms with van der Waals surface area (Å²) in [5.41, 5.74) is 0. The predicted molar refractivity (Wildman–Crippen MR) is 85.6 cm³/mol. The standard InChI is InChI=1S/C15H26N2O5S/c1-3-17(13-5-8-23(20,21)11-13)15(19)12-9-14(18)16(10-12)6-4-7-22-2/h12-13H,3-11H2,1-2H3. The first-order chi connectivity index (χ1) is 10.9. The molecule has 8 heteroatoms. The Morgan fingerprint density at radius 2 is 2.17 bits per heavy atom. The molecule has 132 valence electrons. The summed E-state index contributed by atoms with van der Waals surface area (Å²) in [6.45, 7) is 3.95. The van der Waals surface area contributed by atoms with Gasteiger partial charge in [0.2, 0.25) is 11.8 Å². The van der Waals surface area contributed by atoms with Crippen LogP contribution in [-0.4, -0.2) is 80.9 Å². The van der Waals surface area contributed by atoms with Crippen LogP contribution in [-0.2, 0) is 24.2 Å². The lowest BCUT2D eigenvalue weighted by Crippen LogP contribution is -2.44. The molecule has 0 bridgehead atoms. The summed E-state index contributed by atoms with van der Waals surface area (Å²) in [7, 11) is -1.41. The van der Waals surface area contributed by atoms with E-state index < -0.39 is 9.84 Å². The quantitative estimate of drug-likeness (QED) is 0.602. The molecular formula is C15H26N2O5S. The van der Waals surface area contributed by atoms with Crippen molar-refractivity contribution in [1.82, 2.24) is 9.80 Å². The average Bonchev–Trinajstić information content (AvgIpc) is 3.03. The van der Waals surface area contributed by atoms with Crippen LogP contribution in [0, 0.1) is 5.92 Å². The maximum Gasteiger partial charge on any atom is 0.228 e. The number of nitrogens with zero attached hydrogens (tertiary/aromatic N) is 2. The fourth-order valence-corrected chi connectivity index (χ4v) is 5.13. The summed E-state index contributed by atoms with van der Waals surface area (Å²) in [6, 6.07) is -0.241. The van der Waals surface area contributed by atoms with E-state index in [1.54, 1.807) is 16.9 Å². The summed E-state index contributed by atoms with van der Waals surface area (Å²) in [4.78, 5) is 28.1. The third-order valence-electron chi connectivity index (χ3n) is 4.61. The van der Waals surface area contributed by atoms with Crippen molar-refractivity contribution < 1.29 is 22.7 Å². The number of hydrogen-bond donors (Lipinski definition) is 0. The Hall–Kier alpha value is -1.15. The Kier molecular flexibility index (Phi) is 6.02. The van der Waals surface area contributed by atoms with Crippen LogP contribution in [0.25, 0.3) is 0 Å². The monoisotopic (exact) mass is 346 g/mol. The van der Waals surface area contributed by atoms with Gasteiger partial charge in [-0.05, 0) is 19.8 Å². The van der Waals surface area contributed by atoms with Gasteiger partial charge >= 0.3 is 0 Å². The minimum Gasteiger partial charge on any atom is -0.385 e. The van der Waals surface area contributed by atoms with E-state index in [0.717, 1.165) is 6.42 Å². The minimum atomic E-state index is -3.03. The lowest BCUT2D eigenvalue weighted by Gasteiger charge is -2.29. The number of sulfone groups is 1. The van der Waals surface area contributed by atoms with Crippen molar-refractivity contribution in [3.8, 4) is 0 Å². The van der Waals surface area contributed by atoms with Gasteiger partial charge in [-0.1, -0.05) is 0 Å². The molecule has 2 atom stereocenters. The zero-order valence-corrected chi connectivity index (χ0v) is 14.7. The largest absolute Gasteiger partial charge is 0.385 e. The Labute approximate surface area is 137 Å². The molecule has 2 unspecified atom stereocenters. The van der Waals surface area contributed by atoms with Crippen molar-refractivity contribution in [3.05, 3.63) is 0 Å². The number of ether oxygens (including phenoxy) is 1. The lowest BCUT2D eigenvalue weighted by molar-refractivity contribution is -0.137. The highest BCUT2D eigenvalue weighted by Crippen LogP contribution is 2.24. The van der Waals surface area contributed by atoms with Crippen molar-refractivity contribution in [2.45, 2.75) is 32.2 Å². The fourth-order valence-electron chi connectivity index (χ4n) is 3.40. The van der Waals surface area contributed by atoms with Gasteiger partial charge in [-0.2, -0.15) is 0 Å². The number of carbonyl (C=O) groups is 2. The SMILES string of the molecule is CCN(C(=O)C1CC(=O)N(CCCOC)C1)C1CCS(=O)(=O)C1. The van der Waals surface area contributed by atoms with E-state index >= 15 is 0 Å².